The van der Waals surface area contributed by atoms with Gasteiger partial charge in [-0.2, -0.15) is 0 Å². The monoisotopic (exact) mass is 333 g/mol. The predicted molar refractivity (Wildman–Crippen MR) is 93.3 cm³/mol. The Hall–Kier alpha value is -1.58. The summed E-state index contributed by atoms with van der Waals surface area (Å²) in [5, 5.41) is 0.116. The van der Waals surface area contributed by atoms with Crippen LogP contribution in [-0.2, 0) is 15.8 Å². The van der Waals surface area contributed by atoms with Crippen LogP contribution in [0.2, 0.25) is 18.1 Å². The number of likely N-dealkylation sites (tertiary alicyclic amines) is 1. The highest BCUT2D eigenvalue weighted by molar-refractivity contribution is 6.74. The van der Waals surface area contributed by atoms with E-state index in [-0.39, 0.29) is 17.0 Å². The smallest absolute Gasteiger partial charge is 0.251 e. The van der Waals surface area contributed by atoms with E-state index in [2.05, 4.69) is 50.7 Å². The Morgan fingerprint density at radius 1 is 1.35 bits per heavy atom. The molecule has 0 N–H and O–H groups in total. The lowest BCUT2D eigenvalue weighted by molar-refractivity contribution is -0.133. The zero-order chi connectivity index (χ0) is 17.1. The van der Waals surface area contributed by atoms with Gasteiger partial charge in [-0.15, -0.1) is 0 Å². The number of imidazole rings is 1. The van der Waals surface area contributed by atoms with Gasteiger partial charge >= 0.3 is 0 Å². The minimum Gasteiger partial charge on any atom is -0.405 e. The van der Waals surface area contributed by atoms with Gasteiger partial charge in [0.2, 0.25) is 0 Å². The lowest BCUT2D eigenvalue weighted by Crippen LogP contribution is -2.46. The molecule has 0 bridgehead atoms. The summed E-state index contributed by atoms with van der Waals surface area (Å²) in [6.45, 7) is 12.8. The first kappa shape index (κ1) is 17.8. The van der Waals surface area contributed by atoms with Gasteiger partial charge in [0.1, 0.15) is 6.10 Å². The topological polar surface area (TPSA) is 47.4 Å². The van der Waals surface area contributed by atoms with Crippen molar-refractivity contribution in [1.82, 2.24) is 14.5 Å². The number of rotatable bonds is 4. The molecular weight excluding hydrogens is 306 g/mol. The van der Waals surface area contributed by atoms with Crippen molar-refractivity contribution in [2.24, 2.45) is 0 Å². The van der Waals surface area contributed by atoms with Gasteiger partial charge in [0.15, 0.2) is 8.32 Å². The third kappa shape index (κ3) is 4.46. The highest BCUT2D eigenvalue weighted by Gasteiger charge is 2.43. The first-order valence-corrected chi connectivity index (χ1v) is 11.0. The first-order valence-electron chi connectivity index (χ1n) is 8.09. The van der Waals surface area contributed by atoms with E-state index in [0.29, 0.717) is 13.1 Å². The van der Waals surface area contributed by atoms with E-state index in [0.717, 1.165) is 13.0 Å². The van der Waals surface area contributed by atoms with Crippen molar-refractivity contribution in [3.05, 3.63) is 18.7 Å². The second-order valence-electron chi connectivity index (χ2n) is 7.50. The Morgan fingerprint density at radius 3 is 2.65 bits per heavy atom. The third-order valence-corrected chi connectivity index (χ3v) is 9.19. The molecule has 0 spiro atoms. The molecule has 1 atom stereocenters. The Balaban J connectivity index is 1.86. The van der Waals surface area contributed by atoms with Crippen LogP contribution in [0.5, 0.6) is 0 Å². The van der Waals surface area contributed by atoms with Gasteiger partial charge in [0, 0.05) is 18.9 Å². The third-order valence-electron chi connectivity index (χ3n) is 4.71. The number of carbonyl (C=O) groups is 1. The summed E-state index contributed by atoms with van der Waals surface area (Å²) in [5.74, 6) is 6.23. The van der Waals surface area contributed by atoms with Crippen LogP contribution in [0.4, 0.5) is 0 Å². The number of nitrogens with zero attached hydrogens (tertiary/aromatic N) is 3. The molecule has 1 aromatic heterocycles. The molecule has 2 heterocycles. The minimum absolute atomic E-state index is 0.0896. The molecule has 5 nitrogen and oxygen atoms in total. The summed E-state index contributed by atoms with van der Waals surface area (Å²) in [6, 6.07) is 0. The van der Waals surface area contributed by atoms with Crippen molar-refractivity contribution in [2.45, 2.75) is 58.0 Å². The largest absolute Gasteiger partial charge is 0.405 e. The van der Waals surface area contributed by atoms with E-state index in [9.17, 15) is 4.79 Å². The maximum absolute atomic E-state index is 12.5. The van der Waals surface area contributed by atoms with Crippen LogP contribution in [0.3, 0.4) is 0 Å². The Labute approximate surface area is 140 Å². The minimum atomic E-state index is -1.91. The average molecular weight is 334 g/mol. The molecule has 0 unspecified atom stereocenters. The second kappa shape index (κ2) is 6.89. The molecule has 1 aliphatic rings. The van der Waals surface area contributed by atoms with E-state index in [4.69, 9.17) is 4.43 Å². The standard InChI is InChI=1S/C17H27N3O2Si/c1-17(2,3)23(4,5)22-15-8-12-20(16(15)21)11-7-6-10-19-13-9-18-14-19/h9,13-15H,8,10-12H2,1-5H3/t15-/m0/s1. The summed E-state index contributed by atoms with van der Waals surface area (Å²) < 4.78 is 8.16. The maximum Gasteiger partial charge on any atom is 0.251 e. The maximum atomic E-state index is 12.5. The van der Waals surface area contributed by atoms with Crippen molar-refractivity contribution in [3.63, 3.8) is 0 Å². The number of aromatic nitrogens is 2. The van der Waals surface area contributed by atoms with Crippen molar-refractivity contribution in [1.29, 1.82) is 0 Å². The SMILES string of the molecule is CC(C)(C)[Si](C)(C)O[C@H]1CCN(CC#CCn2ccnc2)C1=O. The Kier molecular flexibility index (Phi) is 5.32. The summed E-state index contributed by atoms with van der Waals surface area (Å²) in [5.41, 5.74) is 0. The molecular formula is C17H27N3O2Si. The van der Waals surface area contributed by atoms with Gasteiger partial charge in [-0.3, -0.25) is 4.79 Å². The lowest BCUT2D eigenvalue weighted by atomic mass is 10.2. The fourth-order valence-electron chi connectivity index (χ4n) is 2.19. The van der Waals surface area contributed by atoms with Crippen molar-refractivity contribution in [2.75, 3.05) is 13.1 Å². The molecule has 0 saturated carbocycles. The zero-order valence-corrected chi connectivity index (χ0v) is 15.8. The van der Waals surface area contributed by atoms with Gasteiger partial charge in [-0.25, -0.2) is 4.98 Å². The number of amides is 1. The normalized spacial score (nSPS) is 18.9. The highest BCUT2D eigenvalue weighted by Crippen LogP contribution is 2.38. The molecule has 23 heavy (non-hydrogen) atoms. The molecule has 1 aromatic rings. The fourth-order valence-corrected chi connectivity index (χ4v) is 3.47. The van der Waals surface area contributed by atoms with Crippen molar-refractivity contribution in [3.8, 4) is 11.8 Å². The van der Waals surface area contributed by atoms with Crippen LogP contribution in [0.25, 0.3) is 0 Å². The average Bonchev–Trinajstić information content (AvgIpc) is 3.06. The summed E-state index contributed by atoms with van der Waals surface area (Å²) in [7, 11) is -1.91. The van der Waals surface area contributed by atoms with Gasteiger partial charge in [-0.1, -0.05) is 32.6 Å². The van der Waals surface area contributed by atoms with Crippen LogP contribution >= 0.6 is 0 Å². The van der Waals surface area contributed by atoms with Gasteiger partial charge in [0.25, 0.3) is 5.91 Å². The molecule has 126 valence electrons. The summed E-state index contributed by atoms with van der Waals surface area (Å²) in [4.78, 5) is 18.2. The molecule has 0 aliphatic carbocycles. The molecule has 1 saturated heterocycles. The van der Waals surface area contributed by atoms with Crippen molar-refractivity contribution < 1.29 is 9.22 Å². The Bertz CT molecular complexity index is 594. The molecule has 1 fully saturated rings. The fraction of sp³-hybridized carbons (Fsp3) is 0.647. The predicted octanol–water partition coefficient (Wildman–Crippen LogP) is 2.51. The van der Waals surface area contributed by atoms with Crippen LogP contribution < -0.4 is 0 Å². The molecule has 2 rings (SSSR count). The van der Waals surface area contributed by atoms with Crippen LogP contribution in [0, 0.1) is 11.8 Å². The molecule has 0 radical (unpaired) electrons. The van der Waals surface area contributed by atoms with Gasteiger partial charge < -0.3 is 13.9 Å². The molecule has 0 aromatic carbocycles. The number of carbonyl (C=O) groups excluding carboxylic acids is 1. The number of hydrogen-bond donors (Lipinski definition) is 0. The molecule has 1 amide bonds. The summed E-state index contributed by atoms with van der Waals surface area (Å²) in [6.07, 6.45) is 5.83. The zero-order valence-electron chi connectivity index (χ0n) is 14.8. The van der Waals surface area contributed by atoms with Gasteiger partial charge in [-0.05, 0) is 24.6 Å². The van der Waals surface area contributed by atoms with E-state index in [1.165, 1.54) is 0 Å². The van der Waals surface area contributed by atoms with Crippen LogP contribution in [-0.4, -0.2) is 47.9 Å². The van der Waals surface area contributed by atoms with Gasteiger partial charge in [0.05, 0.1) is 19.4 Å². The van der Waals surface area contributed by atoms with E-state index in [1.54, 1.807) is 17.4 Å². The first-order chi connectivity index (χ1) is 10.7. The molecule has 1 aliphatic heterocycles. The lowest BCUT2D eigenvalue weighted by Gasteiger charge is -2.37. The quantitative estimate of drug-likeness (QED) is 0.628. The van der Waals surface area contributed by atoms with E-state index >= 15 is 0 Å². The molecule has 6 heteroatoms. The second-order valence-corrected chi connectivity index (χ2v) is 12.3. The van der Waals surface area contributed by atoms with Crippen LogP contribution in [0.1, 0.15) is 27.2 Å². The highest BCUT2D eigenvalue weighted by atomic mass is 28.4. The van der Waals surface area contributed by atoms with Crippen LogP contribution in [0.15, 0.2) is 18.7 Å². The Morgan fingerprint density at radius 2 is 2.04 bits per heavy atom. The van der Waals surface area contributed by atoms with Crippen molar-refractivity contribution >= 4 is 14.2 Å². The number of hydrogen-bond acceptors (Lipinski definition) is 3. The van der Waals surface area contributed by atoms with E-state index in [1.807, 2.05) is 10.8 Å². The summed E-state index contributed by atoms with van der Waals surface area (Å²) >= 11 is 0. The van der Waals surface area contributed by atoms with E-state index < -0.39 is 8.32 Å².